The Bertz CT molecular complexity index is 215. The van der Waals surface area contributed by atoms with Crippen molar-refractivity contribution in [1.82, 2.24) is 0 Å². The minimum absolute atomic E-state index is 0.751. The molecule has 1 nitrogen and oxygen atoms in total. The molecule has 0 spiro atoms. The lowest BCUT2D eigenvalue weighted by molar-refractivity contribution is 0.176. The molecule has 0 amide bonds. The maximum Gasteiger partial charge on any atom is 0.0653 e. The first-order valence-corrected chi connectivity index (χ1v) is 5.72. The lowest BCUT2D eigenvalue weighted by Gasteiger charge is -2.25. The molecular formula is C13H22O. The van der Waals surface area contributed by atoms with Crippen LogP contribution in [0.5, 0.6) is 0 Å². The van der Waals surface area contributed by atoms with E-state index in [1.54, 1.807) is 0 Å². The summed E-state index contributed by atoms with van der Waals surface area (Å²) in [5.41, 5.74) is 2.77. The highest BCUT2D eigenvalue weighted by Gasteiger charge is 2.17. The lowest BCUT2D eigenvalue weighted by Crippen LogP contribution is -2.10. The van der Waals surface area contributed by atoms with Crippen LogP contribution in [0.15, 0.2) is 23.8 Å². The minimum Gasteiger partial charge on any atom is -0.378 e. The van der Waals surface area contributed by atoms with Crippen LogP contribution >= 0.6 is 0 Å². The average Bonchev–Trinajstić information content (AvgIpc) is 2.21. The molecule has 1 rings (SSSR count). The molecule has 1 heteroatoms. The Kier molecular flexibility index (Phi) is 4.95. The molecule has 0 heterocycles. The van der Waals surface area contributed by atoms with E-state index in [9.17, 15) is 0 Å². The van der Waals surface area contributed by atoms with Crippen LogP contribution in [0, 0.1) is 5.92 Å². The maximum absolute atomic E-state index is 5.34. The van der Waals surface area contributed by atoms with Crippen LogP contribution in [-0.4, -0.2) is 13.2 Å². The topological polar surface area (TPSA) is 9.23 Å². The Labute approximate surface area is 87.8 Å². The second-order valence-corrected chi connectivity index (χ2v) is 4.01. The summed E-state index contributed by atoms with van der Waals surface area (Å²) in [4.78, 5) is 0. The molecule has 1 fully saturated rings. The van der Waals surface area contributed by atoms with Gasteiger partial charge in [0.25, 0.3) is 0 Å². The van der Waals surface area contributed by atoms with E-state index in [2.05, 4.69) is 19.6 Å². The number of ether oxygens (including phenoxy) is 1. The molecular weight excluding hydrogens is 172 g/mol. The van der Waals surface area contributed by atoms with Crippen LogP contribution in [0.25, 0.3) is 0 Å². The van der Waals surface area contributed by atoms with E-state index in [1.165, 1.54) is 36.8 Å². The molecule has 0 aromatic rings. The van der Waals surface area contributed by atoms with Gasteiger partial charge >= 0.3 is 0 Å². The van der Waals surface area contributed by atoms with Crippen molar-refractivity contribution < 1.29 is 4.74 Å². The van der Waals surface area contributed by atoms with Gasteiger partial charge < -0.3 is 4.74 Å². The molecule has 0 radical (unpaired) electrons. The van der Waals surface area contributed by atoms with Crippen molar-refractivity contribution in [2.75, 3.05) is 13.2 Å². The quantitative estimate of drug-likeness (QED) is 0.620. The first kappa shape index (κ1) is 11.5. The van der Waals surface area contributed by atoms with Gasteiger partial charge in [0.2, 0.25) is 0 Å². The van der Waals surface area contributed by atoms with Crippen molar-refractivity contribution in [3.63, 3.8) is 0 Å². The molecule has 1 unspecified atom stereocenters. The summed E-state index contributed by atoms with van der Waals surface area (Å²) in [7, 11) is 0. The van der Waals surface area contributed by atoms with Crippen molar-refractivity contribution in [2.45, 2.75) is 39.5 Å². The molecule has 0 aliphatic heterocycles. The fourth-order valence-electron chi connectivity index (χ4n) is 1.95. The Morgan fingerprint density at radius 1 is 1.50 bits per heavy atom. The lowest BCUT2D eigenvalue weighted by atomic mass is 9.81. The number of rotatable bonds is 4. The fraction of sp³-hybridized carbons (Fsp3) is 0.692. The van der Waals surface area contributed by atoms with E-state index >= 15 is 0 Å². The van der Waals surface area contributed by atoms with Crippen molar-refractivity contribution in [1.29, 1.82) is 0 Å². The average molecular weight is 194 g/mol. The normalized spacial score (nSPS) is 25.7. The summed E-state index contributed by atoms with van der Waals surface area (Å²) in [6, 6.07) is 0. The third-order valence-corrected chi connectivity index (χ3v) is 3.05. The van der Waals surface area contributed by atoms with Gasteiger partial charge in [-0.2, -0.15) is 0 Å². The highest BCUT2D eigenvalue weighted by Crippen LogP contribution is 2.33. The maximum atomic E-state index is 5.34. The second-order valence-electron chi connectivity index (χ2n) is 4.01. The van der Waals surface area contributed by atoms with Gasteiger partial charge in [-0.1, -0.05) is 31.6 Å². The van der Waals surface area contributed by atoms with Gasteiger partial charge in [-0.25, -0.2) is 0 Å². The second kappa shape index (κ2) is 6.02. The number of hydrogen-bond acceptors (Lipinski definition) is 1. The van der Waals surface area contributed by atoms with Crippen LogP contribution in [0.2, 0.25) is 0 Å². The highest BCUT2D eigenvalue weighted by molar-refractivity contribution is 5.30. The van der Waals surface area contributed by atoms with Crippen molar-refractivity contribution in [3.8, 4) is 0 Å². The van der Waals surface area contributed by atoms with Gasteiger partial charge in [0.05, 0.1) is 6.61 Å². The number of allylic oxidation sites excluding steroid dienone is 2. The molecule has 0 bridgehead atoms. The predicted molar refractivity (Wildman–Crippen MR) is 61.3 cm³/mol. The largest absolute Gasteiger partial charge is 0.378 e. The van der Waals surface area contributed by atoms with Crippen LogP contribution in [-0.2, 0) is 4.74 Å². The number of hydrogen-bond donors (Lipinski definition) is 0. The van der Waals surface area contributed by atoms with Crippen LogP contribution in [0.1, 0.15) is 39.5 Å². The summed E-state index contributed by atoms with van der Waals surface area (Å²) in [6.07, 6.45) is 7.22. The first-order chi connectivity index (χ1) is 6.77. The molecule has 1 aliphatic carbocycles. The van der Waals surface area contributed by atoms with Crippen LogP contribution in [0.4, 0.5) is 0 Å². The first-order valence-electron chi connectivity index (χ1n) is 5.72. The summed E-state index contributed by atoms with van der Waals surface area (Å²) in [5, 5.41) is 0. The van der Waals surface area contributed by atoms with Gasteiger partial charge in [0.15, 0.2) is 0 Å². The standard InChI is InChI=1S/C13H22O/c1-4-12-7-6-11(3)13(10-12)8-9-14-5-2/h8,12H,3-7,9-10H2,1-2H3/b13-8+. The van der Waals surface area contributed by atoms with Gasteiger partial charge in [-0.05, 0) is 37.7 Å². The molecule has 1 aliphatic rings. The Balaban J connectivity index is 2.47. The predicted octanol–water partition coefficient (Wildman–Crippen LogP) is 3.72. The highest BCUT2D eigenvalue weighted by atomic mass is 16.5. The van der Waals surface area contributed by atoms with Crippen LogP contribution in [0.3, 0.4) is 0 Å². The molecule has 0 aromatic carbocycles. The van der Waals surface area contributed by atoms with E-state index in [0.717, 1.165) is 19.1 Å². The SMILES string of the molecule is C=C1CCC(CC)C/C1=C\COCC. The molecule has 14 heavy (non-hydrogen) atoms. The van der Waals surface area contributed by atoms with E-state index in [-0.39, 0.29) is 0 Å². The minimum atomic E-state index is 0.751. The summed E-state index contributed by atoms with van der Waals surface area (Å²) in [6.45, 7) is 9.98. The van der Waals surface area contributed by atoms with E-state index in [0.29, 0.717) is 0 Å². The van der Waals surface area contributed by atoms with E-state index in [4.69, 9.17) is 4.74 Å². The Hall–Kier alpha value is -0.560. The van der Waals surface area contributed by atoms with Crippen molar-refractivity contribution in [3.05, 3.63) is 23.8 Å². The van der Waals surface area contributed by atoms with Gasteiger partial charge in [0, 0.05) is 6.61 Å². The smallest absolute Gasteiger partial charge is 0.0653 e. The zero-order chi connectivity index (χ0) is 10.4. The van der Waals surface area contributed by atoms with Gasteiger partial charge in [-0.3, -0.25) is 0 Å². The zero-order valence-electron chi connectivity index (χ0n) is 9.51. The van der Waals surface area contributed by atoms with Crippen molar-refractivity contribution >= 4 is 0 Å². The monoisotopic (exact) mass is 194 g/mol. The Morgan fingerprint density at radius 2 is 2.29 bits per heavy atom. The van der Waals surface area contributed by atoms with Crippen molar-refractivity contribution in [2.24, 2.45) is 5.92 Å². The molecule has 1 saturated carbocycles. The third-order valence-electron chi connectivity index (χ3n) is 3.05. The third kappa shape index (κ3) is 3.30. The molecule has 1 atom stereocenters. The molecule has 0 aromatic heterocycles. The zero-order valence-corrected chi connectivity index (χ0v) is 9.51. The van der Waals surface area contributed by atoms with E-state index < -0.39 is 0 Å². The molecule has 80 valence electrons. The van der Waals surface area contributed by atoms with Gasteiger partial charge in [0.1, 0.15) is 0 Å². The van der Waals surface area contributed by atoms with Crippen LogP contribution < -0.4 is 0 Å². The fourth-order valence-corrected chi connectivity index (χ4v) is 1.95. The summed E-state index contributed by atoms with van der Waals surface area (Å²) in [5.74, 6) is 0.869. The molecule has 0 N–H and O–H groups in total. The van der Waals surface area contributed by atoms with Gasteiger partial charge in [-0.15, -0.1) is 0 Å². The Morgan fingerprint density at radius 3 is 2.93 bits per heavy atom. The summed E-state index contributed by atoms with van der Waals surface area (Å²) < 4.78 is 5.34. The van der Waals surface area contributed by atoms with E-state index in [1.807, 2.05) is 6.92 Å². The summed E-state index contributed by atoms with van der Waals surface area (Å²) >= 11 is 0. The molecule has 0 saturated heterocycles.